The fourth-order valence-corrected chi connectivity index (χ4v) is 2.46. The number of ether oxygens (including phenoxy) is 1. The summed E-state index contributed by atoms with van der Waals surface area (Å²) in [7, 11) is 1.72. The van der Waals surface area contributed by atoms with Crippen LogP contribution in [0.25, 0.3) is 10.8 Å². The van der Waals surface area contributed by atoms with Crippen molar-refractivity contribution in [3.63, 3.8) is 0 Å². The highest BCUT2D eigenvalue weighted by Crippen LogP contribution is 2.34. The van der Waals surface area contributed by atoms with Crippen LogP contribution in [0.5, 0.6) is 0 Å². The minimum absolute atomic E-state index is 0.0754. The molecule has 0 radical (unpaired) electrons. The average Bonchev–Trinajstić information content (AvgIpc) is 2.48. The Balaban J connectivity index is 2.58. The maximum absolute atomic E-state index is 5.79. The SMILES string of the molecule is CCC(C)(OC)C(NN)c1cccc2cnccc12. The number of hydrogen-bond donors (Lipinski definition) is 2. The third-order valence-corrected chi connectivity index (χ3v) is 3.97. The number of nitrogens with zero attached hydrogens (tertiary/aromatic N) is 1. The molecule has 1 aromatic carbocycles. The lowest BCUT2D eigenvalue weighted by Crippen LogP contribution is -2.45. The van der Waals surface area contributed by atoms with Crippen LogP contribution in [0.4, 0.5) is 0 Å². The second-order valence-electron chi connectivity index (χ2n) is 4.91. The van der Waals surface area contributed by atoms with Gasteiger partial charge in [-0.15, -0.1) is 0 Å². The van der Waals surface area contributed by atoms with Crippen LogP contribution in [0.2, 0.25) is 0 Å². The summed E-state index contributed by atoms with van der Waals surface area (Å²) in [5.74, 6) is 5.79. The third kappa shape index (κ3) is 2.47. The van der Waals surface area contributed by atoms with E-state index in [1.54, 1.807) is 13.3 Å². The first kappa shape index (κ1) is 13.9. The van der Waals surface area contributed by atoms with E-state index in [4.69, 9.17) is 10.6 Å². The van der Waals surface area contributed by atoms with Gasteiger partial charge in [-0.05, 0) is 30.4 Å². The Hall–Kier alpha value is -1.49. The number of hydrogen-bond acceptors (Lipinski definition) is 4. The summed E-state index contributed by atoms with van der Waals surface area (Å²) in [5, 5.41) is 2.26. The second kappa shape index (κ2) is 5.65. The summed E-state index contributed by atoms with van der Waals surface area (Å²) in [6, 6.07) is 8.10. The first-order chi connectivity index (χ1) is 9.16. The third-order valence-electron chi connectivity index (χ3n) is 3.97. The number of benzene rings is 1. The lowest BCUT2D eigenvalue weighted by Gasteiger charge is -2.36. The molecule has 4 heteroatoms. The fourth-order valence-electron chi connectivity index (χ4n) is 2.46. The van der Waals surface area contributed by atoms with Gasteiger partial charge in [0.05, 0.1) is 11.6 Å². The normalized spacial score (nSPS) is 16.2. The van der Waals surface area contributed by atoms with Crippen LogP contribution >= 0.6 is 0 Å². The van der Waals surface area contributed by atoms with E-state index in [-0.39, 0.29) is 11.6 Å². The molecule has 2 unspecified atom stereocenters. The molecule has 0 aliphatic heterocycles. The van der Waals surface area contributed by atoms with Gasteiger partial charge in [-0.25, -0.2) is 0 Å². The lowest BCUT2D eigenvalue weighted by molar-refractivity contribution is -0.0296. The number of nitrogens with two attached hydrogens (primary N) is 1. The Morgan fingerprint density at radius 1 is 1.42 bits per heavy atom. The molecular formula is C15H21N3O. The molecule has 102 valence electrons. The monoisotopic (exact) mass is 259 g/mol. The van der Waals surface area contributed by atoms with Crippen LogP contribution in [-0.2, 0) is 4.74 Å². The molecule has 2 aromatic rings. The van der Waals surface area contributed by atoms with Crippen molar-refractivity contribution in [2.75, 3.05) is 7.11 Å². The molecular weight excluding hydrogens is 238 g/mol. The van der Waals surface area contributed by atoms with Gasteiger partial charge in [0.25, 0.3) is 0 Å². The van der Waals surface area contributed by atoms with Crippen molar-refractivity contribution in [1.82, 2.24) is 10.4 Å². The van der Waals surface area contributed by atoms with Crippen molar-refractivity contribution in [2.45, 2.75) is 31.9 Å². The fraction of sp³-hybridized carbons (Fsp3) is 0.400. The Labute approximate surface area is 113 Å². The van der Waals surface area contributed by atoms with Gasteiger partial charge in [0.2, 0.25) is 0 Å². The molecule has 0 saturated carbocycles. The zero-order chi connectivity index (χ0) is 13.9. The van der Waals surface area contributed by atoms with Gasteiger partial charge in [0.1, 0.15) is 0 Å². The molecule has 0 bridgehead atoms. The van der Waals surface area contributed by atoms with Gasteiger partial charge in [-0.1, -0.05) is 25.1 Å². The van der Waals surface area contributed by atoms with Crippen LogP contribution in [-0.4, -0.2) is 17.7 Å². The maximum atomic E-state index is 5.79. The Kier molecular flexibility index (Phi) is 4.14. The van der Waals surface area contributed by atoms with E-state index in [0.717, 1.165) is 22.8 Å². The van der Waals surface area contributed by atoms with Crippen LogP contribution in [0, 0.1) is 0 Å². The molecule has 0 fully saturated rings. The first-order valence-electron chi connectivity index (χ1n) is 6.50. The van der Waals surface area contributed by atoms with Crippen molar-refractivity contribution < 1.29 is 4.74 Å². The topological polar surface area (TPSA) is 60.2 Å². The molecule has 19 heavy (non-hydrogen) atoms. The summed E-state index contributed by atoms with van der Waals surface area (Å²) in [6.07, 6.45) is 4.53. The zero-order valence-electron chi connectivity index (χ0n) is 11.7. The van der Waals surface area contributed by atoms with E-state index >= 15 is 0 Å². The zero-order valence-corrected chi connectivity index (χ0v) is 11.7. The van der Waals surface area contributed by atoms with Crippen molar-refractivity contribution in [2.24, 2.45) is 5.84 Å². The molecule has 0 aliphatic rings. The Morgan fingerprint density at radius 2 is 2.21 bits per heavy atom. The number of nitrogens with one attached hydrogen (secondary N) is 1. The molecule has 0 amide bonds. The summed E-state index contributed by atoms with van der Waals surface area (Å²) in [4.78, 5) is 4.16. The number of methoxy groups -OCH3 is 1. The highest BCUT2D eigenvalue weighted by molar-refractivity contribution is 5.85. The van der Waals surface area contributed by atoms with Crippen molar-refractivity contribution in [1.29, 1.82) is 0 Å². The smallest absolute Gasteiger partial charge is 0.0855 e. The molecule has 1 heterocycles. The van der Waals surface area contributed by atoms with Crippen LogP contribution in [0.15, 0.2) is 36.7 Å². The molecule has 4 nitrogen and oxygen atoms in total. The molecule has 0 spiro atoms. The summed E-state index contributed by atoms with van der Waals surface area (Å²) in [5.41, 5.74) is 3.69. The molecule has 1 aromatic heterocycles. The average molecular weight is 259 g/mol. The summed E-state index contributed by atoms with van der Waals surface area (Å²) in [6.45, 7) is 4.16. The van der Waals surface area contributed by atoms with Crippen molar-refractivity contribution >= 4 is 10.8 Å². The summed E-state index contributed by atoms with van der Waals surface area (Å²) >= 11 is 0. The molecule has 2 atom stereocenters. The summed E-state index contributed by atoms with van der Waals surface area (Å²) < 4.78 is 5.69. The second-order valence-corrected chi connectivity index (χ2v) is 4.91. The van der Waals surface area contributed by atoms with Gasteiger partial charge in [-0.2, -0.15) is 0 Å². The number of rotatable bonds is 5. The molecule has 0 aliphatic carbocycles. The number of pyridine rings is 1. The van der Waals surface area contributed by atoms with E-state index in [0.29, 0.717) is 0 Å². The Morgan fingerprint density at radius 3 is 2.84 bits per heavy atom. The van der Waals surface area contributed by atoms with Crippen LogP contribution in [0.3, 0.4) is 0 Å². The van der Waals surface area contributed by atoms with E-state index in [2.05, 4.69) is 36.4 Å². The van der Waals surface area contributed by atoms with Crippen LogP contribution < -0.4 is 11.3 Å². The predicted molar refractivity (Wildman–Crippen MR) is 77.5 cm³/mol. The van der Waals surface area contributed by atoms with Crippen LogP contribution in [0.1, 0.15) is 31.9 Å². The van der Waals surface area contributed by atoms with Gasteiger partial charge >= 0.3 is 0 Å². The van der Waals surface area contributed by atoms with Gasteiger partial charge < -0.3 is 4.74 Å². The number of aromatic nitrogens is 1. The molecule has 0 saturated heterocycles. The van der Waals surface area contributed by atoms with Gasteiger partial charge in [-0.3, -0.25) is 16.3 Å². The minimum atomic E-state index is -0.355. The highest BCUT2D eigenvalue weighted by Gasteiger charge is 2.33. The Bertz CT molecular complexity index is 547. The quantitative estimate of drug-likeness (QED) is 0.640. The standard InChI is InChI=1S/C15H21N3O/c1-4-15(2,19-3)14(18-16)13-7-5-6-11-10-17-9-8-12(11)13/h5-10,14,18H,4,16H2,1-3H3. The van der Waals surface area contributed by atoms with Gasteiger partial charge in [0, 0.05) is 24.9 Å². The van der Waals surface area contributed by atoms with Gasteiger partial charge in [0.15, 0.2) is 0 Å². The van der Waals surface area contributed by atoms with E-state index < -0.39 is 0 Å². The molecule has 2 rings (SSSR count). The minimum Gasteiger partial charge on any atom is -0.376 e. The predicted octanol–water partition coefficient (Wildman–Crippen LogP) is 2.55. The van der Waals surface area contributed by atoms with Crippen molar-refractivity contribution in [3.05, 3.63) is 42.2 Å². The highest BCUT2D eigenvalue weighted by atomic mass is 16.5. The largest absolute Gasteiger partial charge is 0.376 e. The maximum Gasteiger partial charge on any atom is 0.0855 e. The number of fused-ring (bicyclic) bond motifs is 1. The van der Waals surface area contributed by atoms with E-state index in [1.165, 1.54) is 0 Å². The first-order valence-corrected chi connectivity index (χ1v) is 6.50. The van der Waals surface area contributed by atoms with E-state index in [9.17, 15) is 0 Å². The van der Waals surface area contributed by atoms with Crippen molar-refractivity contribution in [3.8, 4) is 0 Å². The van der Waals surface area contributed by atoms with E-state index in [1.807, 2.05) is 18.3 Å². The molecule has 3 N–H and O–H groups in total. The lowest BCUT2D eigenvalue weighted by atomic mass is 9.86. The number of hydrazine groups is 1.